The summed E-state index contributed by atoms with van der Waals surface area (Å²) in [6.07, 6.45) is 0. The number of rotatable bonds is 2. The van der Waals surface area contributed by atoms with Crippen LogP contribution in [0.15, 0.2) is 16.5 Å². The molecule has 1 aliphatic rings. The van der Waals surface area contributed by atoms with Crippen molar-refractivity contribution in [1.82, 2.24) is 10.2 Å². The summed E-state index contributed by atoms with van der Waals surface area (Å²) in [7, 11) is 0. The Morgan fingerprint density at radius 3 is 2.38 bits per heavy atom. The van der Waals surface area contributed by atoms with Gasteiger partial charge in [0.1, 0.15) is 23.6 Å². The molecule has 2 heterocycles. The van der Waals surface area contributed by atoms with Crippen molar-refractivity contribution in [2.75, 3.05) is 0 Å². The van der Waals surface area contributed by atoms with Gasteiger partial charge in [-0.25, -0.2) is 0 Å². The van der Waals surface area contributed by atoms with Crippen LogP contribution < -0.4 is 5.32 Å². The molecular formula is C16H24N2O3. The van der Waals surface area contributed by atoms with Gasteiger partial charge in [0.15, 0.2) is 0 Å². The van der Waals surface area contributed by atoms with Gasteiger partial charge < -0.3 is 14.6 Å². The largest absolute Gasteiger partial charge is 0.464 e. The van der Waals surface area contributed by atoms with Crippen LogP contribution in [0.3, 0.4) is 0 Å². The molecule has 0 saturated carbocycles. The van der Waals surface area contributed by atoms with Gasteiger partial charge in [0.2, 0.25) is 11.8 Å². The Morgan fingerprint density at radius 2 is 1.90 bits per heavy atom. The molecule has 1 N–H and O–H groups in total. The first-order valence-electron chi connectivity index (χ1n) is 7.32. The van der Waals surface area contributed by atoms with Crippen molar-refractivity contribution < 1.29 is 14.0 Å². The zero-order chi connectivity index (χ0) is 15.9. The number of furan rings is 1. The van der Waals surface area contributed by atoms with E-state index in [4.69, 9.17) is 4.42 Å². The van der Waals surface area contributed by atoms with Crippen LogP contribution in [0, 0.1) is 12.3 Å². The van der Waals surface area contributed by atoms with Gasteiger partial charge in [0.25, 0.3) is 0 Å². The average Bonchev–Trinajstić information content (AvgIpc) is 2.79. The summed E-state index contributed by atoms with van der Waals surface area (Å²) >= 11 is 0. The van der Waals surface area contributed by atoms with Crippen molar-refractivity contribution in [2.45, 2.75) is 59.7 Å². The van der Waals surface area contributed by atoms with Gasteiger partial charge >= 0.3 is 0 Å². The summed E-state index contributed by atoms with van der Waals surface area (Å²) < 4.78 is 5.63. The Bertz CT molecular complexity index is 556. The monoisotopic (exact) mass is 292 g/mol. The topological polar surface area (TPSA) is 62.6 Å². The Labute approximate surface area is 125 Å². The van der Waals surface area contributed by atoms with Crippen molar-refractivity contribution in [1.29, 1.82) is 0 Å². The number of nitrogens with one attached hydrogen (secondary N) is 1. The molecule has 1 fully saturated rings. The molecular weight excluding hydrogens is 268 g/mol. The summed E-state index contributed by atoms with van der Waals surface area (Å²) in [4.78, 5) is 26.7. The molecule has 1 aliphatic heterocycles. The van der Waals surface area contributed by atoms with Crippen LogP contribution in [-0.2, 0) is 9.59 Å². The fourth-order valence-electron chi connectivity index (χ4n) is 2.72. The fourth-order valence-corrected chi connectivity index (χ4v) is 2.72. The fraction of sp³-hybridized carbons (Fsp3) is 0.625. The minimum atomic E-state index is -0.514. The third-order valence-electron chi connectivity index (χ3n) is 4.04. The van der Waals surface area contributed by atoms with Crippen molar-refractivity contribution in [3.05, 3.63) is 23.7 Å². The van der Waals surface area contributed by atoms with E-state index in [-0.39, 0.29) is 23.3 Å². The van der Waals surface area contributed by atoms with E-state index in [9.17, 15) is 9.59 Å². The number of nitrogens with zero attached hydrogens (tertiary/aromatic N) is 1. The molecule has 0 aliphatic carbocycles. The number of carbonyl (C=O) groups is 2. The molecule has 3 unspecified atom stereocenters. The summed E-state index contributed by atoms with van der Waals surface area (Å²) in [6, 6.07) is 2.44. The van der Waals surface area contributed by atoms with Gasteiger partial charge in [0, 0.05) is 0 Å². The molecule has 5 heteroatoms. The number of hydrogen-bond acceptors (Lipinski definition) is 3. The predicted octanol–water partition coefficient (Wildman–Crippen LogP) is 2.41. The Hall–Kier alpha value is -1.78. The number of hydrogen-bond donors (Lipinski definition) is 1. The highest BCUT2D eigenvalue weighted by atomic mass is 16.3. The molecule has 0 radical (unpaired) electrons. The van der Waals surface area contributed by atoms with Crippen LogP contribution in [0.25, 0.3) is 0 Å². The first kappa shape index (κ1) is 15.6. The molecule has 2 rings (SSSR count). The molecule has 0 bridgehead atoms. The lowest BCUT2D eigenvalue weighted by Gasteiger charge is -2.44. The summed E-state index contributed by atoms with van der Waals surface area (Å²) in [5.74, 6) is 1.32. The molecule has 5 nitrogen and oxygen atoms in total. The second-order valence-corrected chi connectivity index (χ2v) is 6.85. The van der Waals surface area contributed by atoms with Crippen molar-refractivity contribution in [2.24, 2.45) is 5.41 Å². The SMILES string of the molecule is Cc1ccc(C(C)N2C(=O)C(C(C)(C)C)NC(=O)C2C)o1. The summed E-state index contributed by atoms with van der Waals surface area (Å²) in [5.41, 5.74) is -0.329. The van der Waals surface area contributed by atoms with Crippen molar-refractivity contribution in [3.63, 3.8) is 0 Å². The lowest BCUT2D eigenvalue weighted by atomic mass is 9.83. The van der Waals surface area contributed by atoms with E-state index in [1.165, 1.54) is 0 Å². The maximum Gasteiger partial charge on any atom is 0.246 e. The van der Waals surface area contributed by atoms with Gasteiger partial charge in [-0.1, -0.05) is 20.8 Å². The molecule has 21 heavy (non-hydrogen) atoms. The summed E-state index contributed by atoms with van der Waals surface area (Å²) in [5, 5.41) is 2.84. The van der Waals surface area contributed by atoms with Crippen LogP contribution >= 0.6 is 0 Å². The first-order valence-corrected chi connectivity index (χ1v) is 7.32. The predicted molar refractivity (Wildman–Crippen MR) is 79.6 cm³/mol. The molecule has 1 aromatic rings. The number of carbonyl (C=O) groups excluding carboxylic acids is 2. The van der Waals surface area contributed by atoms with Crippen LogP contribution in [0.2, 0.25) is 0 Å². The lowest BCUT2D eigenvalue weighted by Crippen LogP contribution is -2.66. The molecule has 0 spiro atoms. The van der Waals surface area contributed by atoms with E-state index in [0.29, 0.717) is 5.76 Å². The number of amides is 2. The van der Waals surface area contributed by atoms with E-state index < -0.39 is 12.1 Å². The standard InChI is InChI=1S/C16H24N2O3/c1-9-7-8-12(21-9)10(2)18-11(3)14(19)17-13(15(18)20)16(4,5)6/h7-8,10-11,13H,1-6H3,(H,17,19). The minimum Gasteiger partial charge on any atom is -0.464 e. The van der Waals surface area contributed by atoms with Gasteiger partial charge in [-0.05, 0) is 38.3 Å². The van der Waals surface area contributed by atoms with Gasteiger partial charge in [-0.15, -0.1) is 0 Å². The van der Waals surface area contributed by atoms with Gasteiger partial charge in [-0.3, -0.25) is 9.59 Å². The molecule has 116 valence electrons. The second kappa shape index (κ2) is 5.20. The molecule has 1 saturated heterocycles. The molecule has 3 atom stereocenters. The van der Waals surface area contributed by atoms with Crippen LogP contribution in [0.5, 0.6) is 0 Å². The average molecular weight is 292 g/mol. The van der Waals surface area contributed by atoms with Crippen molar-refractivity contribution >= 4 is 11.8 Å². The molecule has 0 aromatic carbocycles. The Morgan fingerprint density at radius 1 is 1.29 bits per heavy atom. The first-order chi connectivity index (χ1) is 9.62. The van der Waals surface area contributed by atoms with Gasteiger partial charge in [-0.2, -0.15) is 0 Å². The molecule has 1 aromatic heterocycles. The number of aryl methyl sites for hydroxylation is 1. The lowest BCUT2D eigenvalue weighted by molar-refractivity contribution is -0.154. The Balaban J connectivity index is 2.35. The third-order valence-corrected chi connectivity index (χ3v) is 4.04. The molecule has 2 amide bonds. The highest BCUT2D eigenvalue weighted by Crippen LogP contribution is 2.31. The highest BCUT2D eigenvalue weighted by Gasteiger charge is 2.45. The quantitative estimate of drug-likeness (QED) is 0.910. The number of piperazine rings is 1. The van der Waals surface area contributed by atoms with E-state index in [1.54, 1.807) is 11.8 Å². The van der Waals surface area contributed by atoms with Crippen LogP contribution in [0.4, 0.5) is 0 Å². The van der Waals surface area contributed by atoms with Crippen LogP contribution in [-0.4, -0.2) is 28.8 Å². The third kappa shape index (κ3) is 2.82. The highest BCUT2D eigenvalue weighted by molar-refractivity contribution is 5.97. The minimum absolute atomic E-state index is 0.0591. The van der Waals surface area contributed by atoms with Crippen LogP contribution in [0.1, 0.15) is 52.2 Å². The maximum absolute atomic E-state index is 12.8. The summed E-state index contributed by atoms with van der Waals surface area (Å²) in [6.45, 7) is 11.4. The van der Waals surface area contributed by atoms with E-state index in [0.717, 1.165) is 5.76 Å². The normalized spacial score (nSPS) is 25.0. The van der Waals surface area contributed by atoms with E-state index in [2.05, 4.69) is 5.32 Å². The van der Waals surface area contributed by atoms with E-state index in [1.807, 2.05) is 46.8 Å². The van der Waals surface area contributed by atoms with Crippen molar-refractivity contribution in [3.8, 4) is 0 Å². The second-order valence-electron chi connectivity index (χ2n) is 6.85. The van der Waals surface area contributed by atoms with E-state index >= 15 is 0 Å². The smallest absolute Gasteiger partial charge is 0.246 e. The zero-order valence-electron chi connectivity index (χ0n) is 13.6. The maximum atomic E-state index is 12.8. The Kier molecular flexibility index (Phi) is 3.87. The zero-order valence-corrected chi connectivity index (χ0v) is 13.6. The van der Waals surface area contributed by atoms with Gasteiger partial charge in [0.05, 0.1) is 6.04 Å².